The number of fused-ring (bicyclic) bond motifs is 1. The van der Waals surface area contributed by atoms with Gasteiger partial charge in [0.1, 0.15) is 6.10 Å². The molecule has 26 heavy (non-hydrogen) atoms. The molecule has 1 aromatic rings. The number of alkyl halides is 1. The van der Waals surface area contributed by atoms with E-state index in [0.29, 0.717) is 0 Å². The minimum absolute atomic E-state index is 0.0157. The highest BCUT2D eigenvalue weighted by molar-refractivity contribution is 9.09. The van der Waals surface area contributed by atoms with Gasteiger partial charge < -0.3 is 14.8 Å². The Labute approximate surface area is 159 Å². The number of halogens is 1. The van der Waals surface area contributed by atoms with E-state index < -0.39 is 17.8 Å². The molecule has 1 aromatic carbocycles. The largest absolute Gasteiger partial charge is 0.461 e. The maximum atomic E-state index is 12.6. The number of nitrogens with one attached hydrogen (secondary N) is 1. The molecule has 1 saturated heterocycles. The van der Waals surface area contributed by atoms with Gasteiger partial charge in [0.25, 0.3) is 5.91 Å². The van der Waals surface area contributed by atoms with E-state index >= 15 is 0 Å². The SMILES string of the molecule is CCc1ccccc1NC(=O)COC(=O)[C@@H]1[C@H]2C[C@H]3[C@H](OC(=O)[C@H]31)[C@H]2Br. The molecule has 2 bridgehead atoms. The molecule has 0 unspecified atom stereocenters. The van der Waals surface area contributed by atoms with Gasteiger partial charge >= 0.3 is 11.9 Å². The van der Waals surface area contributed by atoms with E-state index in [1.54, 1.807) is 0 Å². The van der Waals surface area contributed by atoms with E-state index in [1.165, 1.54) is 0 Å². The quantitative estimate of drug-likeness (QED) is 0.582. The molecule has 1 N–H and O–H groups in total. The first-order valence-corrected chi connectivity index (χ1v) is 9.81. The van der Waals surface area contributed by atoms with Crippen molar-refractivity contribution in [2.24, 2.45) is 23.7 Å². The number of rotatable bonds is 5. The summed E-state index contributed by atoms with van der Waals surface area (Å²) in [6, 6.07) is 7.51. The molecule has 0 radical (unpaired) electrons. The maximum absolute atomic E-state index is 12.6. The molecule has 3 fully saturated rings. The third-order valence-corrected chi connectivity index (χ3v) is 7.01. The van der Waals surface area contributed by atoms with Gasteiger partial charge in [-0.1, -0.05) is 41.1 Å². The van der Waals surface area contributed by atoms with Crippen LogP contribution < -0.4 is 5.32 Å². The predicted octanol–water partition coefficient (Wildman–Crippen LogP) is 2.30. The van der Waals surface area contributed by atoms with Gasteiger partial charge in [0.15, 0.2) is 6.61 Å². The van der Waals surface area contributed by atoms with Crippen molar-refractivity contribution < 1.29 is 23.9 Å². The number of benzene rings is 1. The van der Waals surface area contributed by atoms with Crippen molar-refractivity contribution in [3.8, 4) is 0 Å². The molecule has 0 aromatic heterocycles. The lowest BCUT2D eigenvalue weighted by atomic mass is 9.80. The average molecular weight is 422 g/mol. The van der Waals surface area contributed by atoms with E-state index in [0.717, 1.165) is 24.1 Å². The van der Waals surface area contributed by atoms with Gasteiger partial charge in [0.05, 0.1) is 16.7 Å². The highest BCUT2D eigenvalue weighted by Gasteiger charge is 2.68. The molecular weight excluding hydrogens is 402 g/mol. The van der Waals surface area contributed by atoms with E-state index in [4.69, 9.17) is 9.47 Å². The van der Waals surface area contributed by atoms with Crippen LogP contribution in [0, 0.1) is 23.7 Å². The van der Waals surface area contributed by atoms with Crippen molar-refractivity contribution in [1.29, 1.82) is 0 Å². The zero-order chi connectivity index (χ0) is 18.4. The number of hydrogen-bond acceptors (Lipinski definition) is 5. The number of carbonyl (C=O) groups excluding carboxylic acids is 3. The van der Waals surface area contributed by atoms with Crippen LogP contribution in [0.3, 0.4) is 0 Å². The van der Waals surface area contributed by atoms with Crippen LogP contribution in [0.2, 0.25) is 0 Å². The minimum Gasteiger partial charge on any atom is -0.461 e. The summed E-state index contributed by atoms with van der Waals surface area (Å²) in [4.78, 5) is 36.8. The Kier molecular flexibility index (Phi) is 4.50. The van der Waals surface area contributed by atoms with Gasteiger partial charge in [-0.15, -0.1) is 0 Å². The lowest BCUT2D eigenvalue weighted by Crippen LogP contribution is -2.39. The summed E-state index contributed by atoms with van der Waals surface area (Å²) >= 11 is 3.56. The fourth-order valence-corrected chi connectivity index (χ4v) is 5.71. The summed E-state index contributed by atoms with van der Waals surface area (Å²) < 4.78 is 10.6. The Morgan fingerprint density at radius 1 is 1.31 bits per heavy atom. The first kappa shape index (κ1) is 17.5. The van der Waals surface area contributed by atoms with Crippen LogP contribution in [0.4, 0.5) is 5.69 Å². The van der Waals surface area contributed by atoms with Gasteiger partial charge in [-0.2, -0.15) is 0 Å². The van der Waals surface area contributed by atoms with Gasteiger partial charge in [-0.3, -0.25) is 14.4 Å². The number of carbonyl (C=O) groups is 3. The molecular formula is C19H20BrNO5. The minimum atomic E-state index is -0.522. The monoisotopic (exact) mass is 421 g/mol. The molecule has 2 saturated carbocycles. The molecule has 1 heterocycles. The van der Waals surface area contributed by atoms with Crippen LogP contribution in [-0.2, 0) is 30.3 Å². The second kappa shape index (κ2) is 6.68. The molecule has 6 atom stereocenters. The molecule has 1 amide bonds. The summed E-state index contributed by atoms with van der Waals surface area (Å²) in [6.45, 7) is 1.65. The first-order chi connectivity index (χ1) is 12.5. The van der Waals surface area contributed by atoms with Crippen LogP contribution in [0.15, 0.2) is 24.3 Å². The summed E-state index contributed by atoms with van der Waals surface area (Å²) in [6.07, 6.45) is 1.45. The fraction of sp³-hybridized carbons (Fsp3) is 0.526. The van der Waals surface area contributed by atoms with Crippen LogP contribution in [0.25, 0.3) is 0 Å². The first-order valence-electron chi connectivity index (χ1n) is 8.90. The van der Waals surface area contributed by atoms with Gasteiger partial charge in [0, 0.05) is 11.6 Å². The Hall–Kier alpha value is -1.89. The van der Waals surface area contributed by atoms with Crippen molar-refractivity contribution in [3.05, 3.63) is 29.8 Å². The Bertz CT molecular complexity index is 766. The smallest absolute Gasteiger partial charge is 0.310 e. The molecule has 2 aliphatic carbocycles. The fourth-order valence-electron chi connectivity index (χ4n) is 4.66. The van der Waals surface area contributed by atoms with E-state index in [-0.39, 0.29) is 41.3 Å². The maximum Gasteiger partial charge on any atom is 0.310 e. The summed E-state index contributed by atoms with van der Waals surface area (Å²) in [5, 5.41) is 2.78. The zero-order valence-electron chi connectivity index (χ0n) is 14.3. The van der Waals surface area contributed by atoms with Crippen LogP contribution >= 0.6 is 15.9 Å². The lowest BCUT2D eigenvalue weighted by Gasteiger charge is -2.26. The Morgan fingerprint density at radius 2 is 2.08 bits per heavy atom. The van der Waals surface area contributed by atoms with Crippen LogP contribution in [0.5, 0.6) is 0 Å². The van der Waals surface area contributed by atoms with Crippen molar-refractivity contribution in [2.75, 3.05) is 11.9 Å². The molecule has 0 spiro atoms. The molecule has 6 nitrogen and oxygen atoms in total. The highest BCUT2D eigenvalue weighted by atomic mass is 79.9. The van der Waals surface area contributed by atoms with Crippen molar-refractivity contribution >= 4 is 39.5 Å². The summed E-state index contributed by atoms with van der Waals surface area (Å²) in [7, 11) is 0. The molecule has 4 rings (SSSR count). The van der Waals surface area contributed by atoms with Crippen LogP contribution in [0.1, 0.15) is 18.9 Å². The van der Waals surface area contributed by atoms with E-state index in [1.807, 2.05) is 31.2 Å². The van der Waals surface area contributed by atoms with E-state index in [2.05, 4.69) is 21.2 Å². The normalized spacial score (nSPS) is 33.8. The number of amides is 1. The molecule has 1 aliphatic heterocycles. The van der Waals surface area contributed by atoms with Crippen molar-refractivity contribution in [3.63, 3.8) is 0 Å². The summed E-state index contributed by atoms with van der Waals surface area (Å²) in [5.74, 6) is -2.01. The Balaban J connectivity index is 1.37. The highest BCUT2D eigenvalue weighted by Crippen LogP contribution is 2.60. The lowest BCUT2D eigenvalue weighted by molar-refractivity contribution is -0.157. The number of anilines is 1. The number of para-hydroxylation sites is 1. The number of hydrogen-bond donors (Lipinski definition) is 1. The van der Waals surface area contributed by atoms with E-state index in [9.17, 15) is 14.4 Å². The summed E-state index contributed by atoms with van der Waals surface area (Å²) in [5.41, 5.74) is 1.74. The standard InChI is InChI=1S/C19H20BrNO5/c1-2-9-5-3-4-6-12(9)21-13(22)8-25-18(23)14-10-7-11-15(14)19(24)26-17(11)16(10)20/h3-6,10-11,14-17H,2,7-8H2,1H3,(H,21,22)/t10-,11-,14-,15-,16+,17+/m1/s1. The van der Waals surface area contributed by atoms with Crippen molar-refractivity contribution in [1.82, 2.24) is 0 Å². The molecule has 138 valence electrons. The van der Waals surface area contributed by atoms with Gasteiger partial charge in [-0.25, -0.2) is 0 Å². The Morgan fingerprint density at radius 3 is 2.85 bits per heavy atom. The average Bonchev–Trinajstić information content (AvgIpc) is 3.24. The number of aryl methyl sites for hydroxylation is 1. The predicted molar refractivity (Wildman–Crippen MR) is 96.6 cm³/mol. The zero-order valence-corrected chi connectivity index (χ0v) is 15.9. The molecule has 7 heteroatoms. The van der Waals surface area contributed by atoms with Crippen molar-refractivity contribution in [2.45, 2.75) is 30.7 Å². The number of esters is 2. The third kappa shape index (κ3) is 2.73. The van der Waals surface area contributed by atoms with Gasteiger partial charge in [0.2, 0.25) is 0 Å². The second-order valence-corrected chi connectivity index (χ2v) is 8.18. The van der Waals surface area contributed by atoms with Gasteiger partial charge in [-0.05, 0) is 30.4 Å². The third-order valence-electron chi connectivity index (χ3n) is 5.81. The molecule has 3 aliphatic rings. The van der Waals surface area contributed by atoms with Crippen LogP contribution in [-0.4, -0.2) is 35.4 Å². The second-order valence-electron chi connectivity index (χ2n) is 7.13. The topological polar surface area (TPSA) is 81.7 Å². The number of ether oxygens (including phenoxy) is 2.